The van der Waals surface area contributed by atoms with Gasteiger partial charge in [-0.2, -0.15) is 5.10 Å². The lowest BCUT2D eigenvalue weighted by atomic mass is 10.0. The highest BCUT2D eigenvalue weighted by atomic mass is 16.6. The minimum absolute atomic E-state index is 0.0555. The smallest absolute Gasteiger partial charge is 0.258 e. The van der Waals surface area contributed by atoms with Crippen LogP contribution in [0.2, 0.25) is 0 Å². The molecule has 27 heavy (non-hydrogen) atoms. The maximum atomic E-state index is 11.0. The first kappa shape index (κ1) is 17.9. The summed E-state index contributed by atoms with van der Waals surface area (Å²) in [6.45, 7) is 0. The molecular formula is C22H17N3O2. The van der Waals surface area contributed by atoms with Gasteiger partial charge in [-0.05, 0) is 18.2 Å². The van der Waals surface area contributed by atoms with E-state index in [-0.39, 0.29) is 5.69 Å². The Hall–Kier alpha value is -3.86. The maximum absolute atomic E-state index is 11.0. The molecule has 0 aliphatic rings. The van der Waals surface area contributed by atoms with E-state index in [1.165, 1.54) is 12.3 Å². The van der Waals surface area contributed by atoms with Crippen LogP contribution in [0.25, 0.3) is 6.08 Å². The van der Waals surface area contributed by atoms with Crippen molar-refractivity contribution in [1.82, 2.24) is 0 Å². The van der Waals surface area contributed by atoms with Gasteiger partial charge in [-0.15, -0.1) is 5.10 Å². The lowest BCUT2D eigenvalue weighted by Gasteiger charge is -2.04. The van der Waals surface area contributed by atoms with Gasteiger partial charge in [-0.25, -0.2) is 0 Å². The molecule has 0 spiro atoms. The summed E-state index contributed by atoms with van der Waals surface area (Å²) in [6.07, 6.45) is 4.80. The van der Waals surface area contributed by atoms with Crippen molar-refractivity contribution in [1.29, 1.82) is 0 Å². The Bertz CT molecular complexity index is 953. The number of benzene rings is 3. The molecule has 0 fully saturated rings. The molecule has 5 nitrogen and oxygen atoms in total. The summed E-state index contributed by atoms with van der Waals surface area (Å²) >= 11 is 0. The van der Waals surface area contributed by atoms with Crippen LogP contribution in [0.4, 0.5) is 5.69 Å². The van der Waals surface area contributed by atoms with Crippen LogP contribution in [0.1, 0.15) is 16.7 Å². The van der Waals surface area contributed by atoms with Gasteiger partial charge in [0.15, 0.2) is 0 Å². The van der Waals surface area contributed by atoms with Crippen molar-refractivity contribution in [3.05, 3.63) is 118 Å². The van der Waals surface area contributed by atoms with Crippen molar-refractivity contribution in [2.75, 3.05) is 0 Å². The van der Waals surface area contributed by atoms with Crippen molar-refractivity contribution in [2.45, 2.75) is 0 Å². The molecule has 0 saturated carbocycles. The molecule has 3 aromatic carbocycles. The van der Waals surface area contributed by atoms with Crippen molar-refractivity contribution in [3.8, 4) is 0 Å². The zero-order valence-electron chi connectivity index (χ0n) is 14.5. The van der Waals surface area contributed by atoms with Gasteiger partial charge in [0.2, 0.25) is 0 Å². The zero-order chi connectivity index (χ0) is 18.9. The molecule has 0 N–H and O–H groups in total. The summed E-state index contributed by atoms with van der Waals surface area (Å²) in [5.74, 6) is 0. The highest BCUT2D eigenvalue weighted by Gasteiger charge is 2.08. The number of nitro benzene ring substituents is 1. The van der Waals surface area contributed by atoms with Crippen molar-refractivity contribution in [2.24, 2.45) is 10.2 Å². The van der Waals surface area contributed by atoms with Gasteiger partial charge in [-0.3, -0.25) is 10.1 Å². The number of allylic oxidation sites excluding steroid dienone is 1. The van der Waals surface area contributed by atoms with Crippen LogP contribution < -0.4 is 0 Å². The number of nitro groups is 1. The van der Waals surface area contributed by atoms with Gasteiger partial charge in [0.25, 0.3) is 5.69 Å². The first-order chi connectivity index (χ1) is 13.3. The summed E-state index contributed by atoms with van der Waals surface area (Å²) in [6, 6.07) is 26.2. The summed E-state index contributed by atoms with van der Waals surface area (Å²) in [7, 11) is 0. The van der Waals surface area contributed by atoms with Gasteiger partial charge < -0.3 is 0 Å². The second-order valence-corrected chi connectivity index (χ2v) is 5.62. The van der Waals surface area contributed by atoms with E-state index in [0.29, 0.717) is 5.56 Å². The lowest BCUT2D eigenvalue weighted by Crippen LogP contribution is -2.02. The Balaban J connectivity index is 1.84. The van der Waals surface area contributed by atoms with Crippen LogP contribution in [-0.4, -0.2) is 16.8 Å². The number of hydrogen-bond donors (Lipinski definition) is 0. The van der Waals surface area contributed by atoms with Gasteiger partial charge in [0, 0.05) is 23.4 Å². The Morgan fingerprint density at radius 1 is 0.815 bits per heavy atom. The van der Waals surface area contributed by atoms with Crippen LogP contribution in [0.15, 0.2) is 101 Å². The molecule has 0 heterocycles. The molecule has 0 aliphatic heterocycles. The van der Waals surface area contributed by atoms with E-state index in [9.17, 15) is 10.1 Å². The summed E-state index contributed by atoms with van der Waals surface area (Å²) < 4.78 is 0. The van der Waals surface area contributed by atoms with Gasteiger partial charge in [0.1, 0.15) is 5.71 Å². The van der Waals surface area contributed by atoms with Crippen molar-refractivity contribution < 1.29 is 4.92 Å². The van der Waals surface area contributed by atoms with Crippen LogP contribution in [0.5, 0.6) is 0 Å². The minimum atomic E-state index is -0.405. The quantitative estimate of drug-likeness (QED) is 0.349. The van der Waals surface area contributed by atoms with Crippen LogP contribution in [-0.2, 0) is 0 Å². The number of nitrogens with zero attached hydrogens (tertiary/aromatic N) is 3. The molecule has 0 aliphatic carbocycles. The van der Waals surface area contributed by atoms with Crippen molar-refractivity contribution >= 4 is 23.7 Å². The molecule has 0 bridgehead atoms. The summed E-state index contributed by atoms with van der Waals surface area (Å²) in [5.41, 5.74) is 3.25. The number of para-hydroxylation sites is 1. The second-order valence-electron chi connectivity index (χ2n) is 5.62. The van der Waals surface area contributed by atoms with Crippen LogP contribution >= 0.6 is 0 Å². The summed E-state index contributed by atoms with van der Waals surface area (Å²) in [4.78, 5) is 10.6. The Morgan fingerprint density at radius 3 is 1.96 bits per heavy atom. The fourth-order valence-electron chi connectivity index (χ4n) is 2.55. The van der Waals surface area contributed by atoms with E-state index in [2.05, 4.69) is 10.2 Å². The third-order valence-corrected chi connectivity index (χ3v) is 3.81. The Morgan fingerprint density at radius 2 is 1.37 bits per heavy atom. The van der Waals surface area contributed by atoms with Gasteiger partial charge in [0.05, 0.1) is 10.5 Å². The Kier molecular flexibility index (Phi) is 5.99. The molecule has 0 radical (unpaired) electrons. The average molecular weight is 355 g/mol. The van der Waals surface area contributed by atoms with E-state index in [1.807, 2.05) is 60.7 Å². The normalized spacial score (nSPS) is 11.0. The first-order valence-corrected chi connectivity index (χ1v) is 8.37. The number of hydrogen-bond acceptors (Lipinski definition) is 4. The molecule has 3 rings (SSSR count). The standard InChI is InChI=1S/C22H17N3O2/c26-25(27)21-16-8-7-10-18(21)15-9-17-23-24-22(19-11-3-1-4-12-19)20-13-5-2-6-14-20/h1-17H. The molecular weight excluding hydrogens is 338 g/mol. The highest BCUT2D eigenvalue weighted by molar-refractivity contribution is 6.12. The van der Waals surface area contributed by atoms with E-state index in [1.54, 1.807) is 30.4 Å². The number of rotatable bonds is 6. The third kappa shape index (κ3) is 4.83. The first-order valence-electron chi connectivity index (χ1n) is 8.37. The van der Waals surface area contributed by atoms with Crippen molar-refractivity contribution in [3.63, 3.8) is 0 Å². The molecule has 0 saturated heterocycles. The van der Waals surface area contributed by atoms with E-state index >= 15 is 0 Å². The highest BCUT2D eigenvalue weighted by Crippen LogP contribution is 2.18. The average Bonchev–Trinajstić information content (AvgIpc) is 2.72. The topological polar surface area (TPSA) is 67.9 Å². The Labute approximate surface area is 157 Å². The molecule has 3 aromatic rings. The SMILES string of the molecule is O=[N+]([O-])c1ccccc1C=CC=NN=C(c1ccccc1)c1ccccc1. The fraction of sp³-hybridized carbons (Fsp3) is 0. The molecule has 0 atom stereocenters. The van der Waals surface area contributed by atoms with Gasteiger partial charge in [-0.1, -0.05) is 72.8 Å². The third-order valence-electron chi connectivity index (χ3n) is 3.81. The van der Waals surface area contributed by atoms with Crippen LogP contribution in [0.3, 0.4) is 0 Å². The predicted molar refractivity (Wildman–Crippen MR) is 109 cm³/mol. The summed E-state index contributed by atoms with van der Waals surface area (Å²) in [5, 5.41) is 19.5. The molecule has 0 amide bonds. The molecule has 132 valence electrons. The fourth-order valence-corrected chi connectivity index (χ4v) is 2.55. The van der Waals surface area contributed by atoms with Crippen LogP contribution in [0, 0.1) is 10.1 Å². The molecule has 5 heteroatoms. The molecule has 0 unspecified atom stereocenters. The maximum Gasteiger partial charge on any atom is 0.276 e. The largest absolute Gasteiger partial charge is 0.276 e. The zero-order valence-corrected chi connectivity index (χ0v) is 14.5. The van der Waals surface area contributed by atoms with Gasteiger partial charge >= 0.3 is 0 Å². The lowest BCUT2D eigenvalue weighted by molar-refractivity contribution is -0.385. The van der Waals surface area contributed by atoms with E-state index in [0.717, 1.165) is 16.8 Å². The minimum Gasteiger partial charge on any atom is -0.258 e. The van der Waals surface area contributed by atoms with E-state index < -0.39 is 4.92 Å². The second kappa shape index (κ2) is 9.01. The molecule has 0 aromatic heterocycles. The monoisotopic (exact) mass is 355 g/mol. The van der Waals surface area contributed by atoms with E-state index in [4.69, 9.17) is 0 Å². The predicted octanol–water partition coefficient (Wildman–Crippen LogP) is 5.13.